The Hall–Kier alpha value is -2.04. The highest BCUT2D eigenvalue weighted by Gasteiger charge is 2.48. The molecule has 1 aliphatic carbocycles. The van der Waals surface area contributed by atoms with E-state index in [1.54, 1.807) is 0 Å². The highest BCUT2D eigenvalue weighted by molar-refractivity contribution is 5.84. The molecule has 3 aliphatic rings. The molecule has 2 saturated heterocycles. The van der Waals surface area contributed by atoms with Gasteiger partial charge in [0.15, 0.2) is 0 Å². The number of anilines is 1. The van der Waals surface area contributed by atoms with Crippen LogP contribution in [0.5, 0.6) is 0 Å². The predicted octanol–water partition coefficient (Wildman–Crippen LogP) is 3.41. The number of para-hydroxylation sites is 1. The third kappa shape index (κ3) is 2.99. The lowest BCUT2D eigenvalue weighted by Crippen LogP contribution is -2.46. The molecule has 4 atom stereocenters. The lowest BCUT2D eigenvalue weighted by Gasteiger charge is -2.40. The third-order valence-electron chi connectivity index (χ3n) is 5.78. The molecule has 4 rings (SSSR count). The minimum Gasteiger partial charge on any atom is -0.446 e. The largest absolute Gasteiger partial charge is 0.446 e. The topological polar surface area (TPSA) is 58.6 Å². The fourth-order valence-corrected chi connectivity index (χ4v) is 4.84. The Labute approximate surface area is 142 Å². The Morgan fingerprint density at radius 2 is 1.88 bits per heavy atom. The maximum atomic E-state index is 12.2. The molecule has 5 heteroatoms. The van der Waals surface area contributed by atoms with Crippen molar-refractivity contribution in [2.45, 2.75) is 50.7 Å². The van der Waals surface area contributed by atoms with Crippen molar-refractivity contribution in [1.82, 2.24) is 4.90 Å². The molecule has 0 unspecified atom stereocenters. The van der Waals surface area contributed by atoms with Crippen LogP contribution in [0, 0.1) is 11.8 Å². The van der Waals surface area contributed by atoms with Crippen LogP contribution in [0.4, 0.5) is 10.5 Å². The number of carbonyl (C=O) groups excluding carboxylic acids is 2. The van der Waals surface area contributed by atoms with Gasteiger partial charge in [-0.2, -0.15) is 0 Å². The summed E-state index contributed by atoms with van der Waals surface area (Å²) in [6.07, 6.45) is 5.13. The molecule has 0 bridgehead atoms. The van der Waals surface area contributed by atoms with Gasteiger partial charge in [-0.3, -0.25) is 10.1 Å². The van der Waals surface area contributed by atoms with Gasteiger partial charge in [0.05, 0.1) is 0 Å². The van der Waals surface area contributed by atoms with Crippen molar-refractivity contribution in [3.8, 4) is 0 Å². The van der Waals surface area contributed by atoms with E-state index < -0.39 is 0 Å². The van der Waals surface area contributed by atoms with Crippen molar-refractivity contribution in [3.05, 3.63) is 30.3 Å². The Bertz CT molecular complexity index is 618. The molecule has 1 aromatic carbocycles. The van der Waals surface area contributed by atoms with Crippen LogP contribution in [0.1, 0.15) is 38.5 Å². The molecule has 1 N–H and O–H groups in total. The summed E-state index contributed by atoms with van der Waals surface area (Å²) < 4.78 is 5.71. The van der Waals surface area contributed by atoms with Crippen LogP contribution in [-0.2, 0) is 9.53 Å². The zero-order chi connectivity index (χ0) is 16.5. The number of nitrogens with one attached hydrogen (secondary N) is 1. The van der Waals surface area contributed by atoms with Crippen LogP contribution in [0.2, 0.25) is 0 Å². The number of carbonyl (C=O) groups is 2. The van der Waals surface area contributed by atoms with Crippen molar-refractivity contribution < 1.29 is 14.3 Å². The number of hydrogen-bond donors (Lipinski definition) is 1. The minimum absolute atomic E-state index is 0.0342. The average Bonchev–Trinajstić information content (AvgIpc) is 2.92. The summed E-state index contributed by atoms with van der Waals surface area (Å²) in [6.45, 7) is 0.883. The zero-order valence-electron chi connectivity index (χ0n) is 13.8. The number of ether oxygens (including phenoxy) is 1. The summed E-state index contributed by atoms with van der Waals surface area (Å²) in [5, 5.41) is 2.80. The monoisotopic (exact) mass is 328 g/mol. The molecule has 1 saturated carbocycles. The van der Waals surface area contributed by atoms with E-state index in [9.17, 15) is 9.59 Å². The number of nitrogens with zero attached hydrogens (tertiary/aromatic N) is 1. The van der Waals surface area contributed by atoms with E-state index in [0.29, 0.717) is 30.2 Å². The summed E-state index contributed by atoms with van der Waals surface area (Å²) in [7, 11) is 0. The highest BCUT2D eigenvalue weighted by Crippen LogP contribution is 2.44. The summed E-state index contributed by atoms with van der Waals surface area (Å²) in [5.74, 6) is 1.29. The van der Waals surface area contributed by atoms with E-state index >= 15 is 0 Å². The summed E-state index contributed by atoms with van der Waals surface area (Å²) in [5.41, 5.74) is 0.753. The van der Waals surface area contributed by atoms with Gasteiger partial charge in [0.25, 0.3) is 0 Å². The first-order valence-electron chi connectivity index (χ1n) is 9.03. The normalized spacial score (nSPS) is 32.0. The number of rotatable bonds is 2. The van der Waals surface area contributed by atoms with Crippen molar-refractivity contribution >= 4 is 17.7 Å². The van der Waals surface area contributed by atoms with Gasteiger partial charge in [-0.15, -0.1) is 0 Å². The molecule has 0 spiro atoms. The molecular formula is C19H24N2O3. The highest BCUT2D eigenvalue weighted by atomic mass is 16.6. The summed E-state index contributed by atoms with van der Waals surface area (Å²) in [6, 6.07) is 9.77. The van der Waals surface area contributed by atoms with E-state index in [2.05, 4.69) is 10.2 Å². The molecule has 3 fully saturated rings. The molecule has 0 radical (unpaired) electrons. The smallest absolute Gasteiger partial charge is 0.411 e. The standard InChI is InChI=1S/C19H24N2O3/c22-17-8-4-5-13-11-16(12-14-9-10-21(17)18(13)14)24-19(23)20-15-6-2-1-3-7-15/h1-3,6-7,13-14,16,18H,4-5,8-12H2,(H,20,23)/t13-,14+,16-,18-/m1/s1. The van der Waals surface area contributed by atoms with Crippen LogP contribution >= 0.6 is 0 Å². The Kier molecular flexibility index (Phi) is 4.17. The molecule has 24 heavy (non-hydrogen) atoms. The maximum Gasteiger partial charge on any atom is 0.411 e. The predicted molar refractivity (Wildman–Crippen MR) is 90.5 cm³/mol. The second-order valence-corrected chi connectivity index (χ2v) is 7.27. The molecule has 128 valence electrons. The maximum absolute atomic E-state index is 12.2. The van der Waals surface area contributed by atoms with Crippen LogP contribution < -0.4 is 5.32 Å². The molecular weight excluding hydrogens is 304 g/mol. The van der Waals surface area contributed by atoms with Crippen molar-refractivity contribution in [3.63, 3.8) is 0 Å². The summed E-state index contributed by atoms with van der Waals surface area (Å²) in [4.78, 5) is 26.5. The number of hydrogen-bond acceptors (Lipinski definition) is 3. The van der Waals surface area contributed by atoms with Crippen LogP contribution in [0.15, 0.2) is 30.3 Å². The first-order valence-corrected chi connectivity index (χ1v) is 9.03. The first-order chi connectivity index (χ1) is 11.7. The lowest BCUT2D eigenvalue weighted by molar-refractivity contribution is -0.133. The molecule has 2 aliphatic heterocycles. The van der Waals surface area contributed by atoms with E-state index in [1.807, 2.05) is 30.3 Å². The van der Waals surface area contributed by atoms with E-state index in [0.717, 1.165) is 44.3 Å². The van der Waals surface area contributed by atoms with Crippen LogP contribution in [-0.4, -0.2) is 35.6 Å². The second kappa shape index (κ2) is 6.46. The second-order valence-electron chi connectivity index (χ2n) is 7.27. The Morgan fingerprint density at radius 3 is 2.67 bits per heavy atom. The third-order valence-corrected chi connectivity index (χ3v) is 5.78. The molecule has 0 aromatic heterocycles. The van der Waals surface area contributed by atoms with Gasteiger partial charge < -0.3 is 9.64 Å². The van der Waals surface area contributed by atoms with Gasteiger partial charge in [0.1, 0.15) is 6.10 Å². The van der Waals surface area contributed by atoms with Crippen LogP contribution in [0.25, 0.3) is 0 Å². The lowest BCUT2D eigenvalue weighted by atomic mass is 9.74. The van der Waals surface area contributed by atoms with Gasteiger partial charge in [-0.05, 0) is 56.1 Å². The fourth-order valence-electron chi connectivity index (χ4n) is 4.84. The van der Waals surface area contributed by atoms with Gasteiger partial charge in [0, 0.05) is 24.7 Å². The van der Waals surface area contributed by atoms with Gasteiger partial charge in [-0.25, -0.2) is 4.79 Å². The van der Waals surface area contributed by atoms with E-state index in [1.165, 1.54) is 0 Å². The molecule has 2 amide bonds. The van der Waals surface area contributed by atoms with Crippen LogP contribution in [0.3, 0.4) is 0 Å². The zero-order valence-corrected chi connectivity index (χ0v) is 13.8. The fraction of sp³-hybridized carbons (Fsp3) is 0.579. The number of benzene rings is 1. The summed E-state index contributed by atoms with van der Waals surface area (Å²) >= 11 is 0. The van der Waals surface area contributed by atoms with Gasteiger partial charge in [-0.1, -0.05) is 18.2 Å². The average molecular weight is 328 g/mol. The van der Waals surface area contributed by atoms with Crippen molar-refractivity contribution in [2.24, 2.45) is 11.8 Å². The number of amides is 2. The Balaban J connectivity index is 1.40. The first kappa shape index (κ1) is 15.5. The molecule has 2 heterocycles. The van der Waals surface area contributed by atoms with Crippen molar-refractivity contribution in [1.29, 1.82) is 0 Å². The van der Waals surface area contributed by atoms with E-state index in [4.69, 9.17) is 4.74 Å². The van der Waals surface area contributed by atoms with Gasteiger partial charge >= 0.3 is 6.09 Å². The quantitative estimate of drug-likeness (QED) is 0.905. The molecule has 5 nitrogen and oxygen atoms in total. The van der Waals surface area contributed by atoms with E-state index in [-0.39, 0.29) is 12.2 Å². The Morgan fingerprint density at radius 1 is 1.12 bits per heavy atom. The van der Waals surface area contributed by atoms with Crippen molar-refractivity contribution in [2.75, 3.05) is 11.9 Å². The SMILES string of the molecule is O=C(Nc1ccccc1)O[C@@H]1C[C@H]2CCCC(=O)N3CC[C@@H](C1)[C@@H]23. The molecule has 1 aromatic rings. The minimum atomic E-state index is -0.371. The van der Waals surface area contributed by atoms with Gasteiger partial charge in [0.2, 0.25) is 5.91 Å².